The fourth-order valence-corrected chi connectivity index (χ4v) is 4.09. The van der Waals surface area contributed by atoms with Crippen molar-refractivity contribution in [2.24, 2.45) is 5.92 Å². The number of ether oxygens (including phenoxy) is 1. The standard InChI is InChI=1S/C28H27NO6/c1-16(2)15-35-23-13-10-19(14-17(23)3)26(32)24-25(18-8-11-20(30)12-9-18)29(28(34)27(24)33)21-6-4-5-7-22(21)31/h4-14,16,25,30-32H,15H2,1-3H3/b26-24-. The van der Waals surface area contributed by atoms with E-state index in [0.29, 0.717) is 29.4 Å². The number of Topliss-reactive ketones (excluding diaryl/α,β-unsaturated/α-hetero) is 1. The number of benzene rings is 3. The average Bonchev–Trinajstić information content (AvgIpc) is 3.09. The SMILES string of the molecule is Cc1cc(/C(O)=C2/C(=O)C(=O)N(c3ccccc3O)C2c2ccc(O)cc2)ccc1OCC(C)C. The third-order valence-electron chi connectivity index (χ3n) is 5.82. The molecule has 180 valence electrons. The maximum Gasteiger partial charge on any atom is 0.300 e. The number of amides is 1. The Kier molecular flexibility index (Phi) is 6.51. The molecule has 35 heavy (non-hydrogen) atoms. The number of phenols is 2. The van der Waals surface area contributed by atoms with Gasteiger partial charge >= 0.3 is 0 Å². The second-order valence-electron chi connectivity index (χ2n) is 8.93. The minimum absolute atomic E-state index is 0.0147. The number of carbonyl (C=O) groups excluding carboxylic acids is 2. The second-order valence-corrected chi connectivity index (χ2v) is 8.93. The zero-order valence-electron chi connectivity index (χ0n) is 19.7. The van der Waals surface area contributed by atoms with Crippen molar-refractivity contribution < 1.29 is 29.6 Å². The number of aryl methyl sites for hydroxylation is 1. The van der Waals surface area contributed by atoms with Crippen LogP contribution in [0.3, 0.4) is 0 Å². The minimum atomic E-state index is -1.01. The van der Waals surface area contributed by atoms with Crippen LogP contribution < -0.4 is 9.64 Å². The molecular weight excluding hydrogens is 446 g/mol. The first kappa shape index (κ1) is 23.9. The topological polar surface area (TPSA) is 107 Å². The highest BCUT2D eigenvalue weighted by atomic mass is 16.5. The number of hydrogen-bond acceptors (Lipinski definition) is 6. The van der Waals surface area contributed by atoms with E-state index in [9.17, 15) is 24.9 Å². The first-order valence-electron chi connectivity index (χ1n) is 11.3. The van der Waals surface area contributed by atoms with Crippen LogP contribution in [0.5, 0.6) is 17.2 Å². The van der Waals surface area contributed by atoms with Crippen molar-refractivity contribution in [1.29, 1.82) is 0 Å². The molecule has 3 aromatic rings. The maximum absolute atomic E-state index is 13.2. The normalized spacial score (nSPS) is 17.3. The third kappa shape index (κ3) is 4.57. The van der Waals surface area contributed by atoms with Crippen molar-refractivity contribution in [3.8, 4) is 17.2 Å². The number of anilines is 1. The van der Waals surface area contributed by atoms with Gasteiger partial charge in [-0.15, -0.1) is 0 Å². The molecule has 1 aliphatic rings. The molecule has 7 nitrogen and oxygen atoms in total. The summed E-state index contributed by atoms with van der Waals surface area (Å²) in [5.74, 6) is -1.24. The molecule has 0 radical (unpaired) electrons. The summed E-state index contributed by atoms with van der Waals surface area (Å²) < 4.78 is 5.81. The Hall–Kier alpha value is -4.26. The molecule has 1 unspecified atom stereocenters. The second kappa shape index (κ2) is 9.54. The van der Waals surface area contributed by atoms with Gasteiger partial charge < -0.3 is 20.1 Å². The van der Waals surface area contributed by atoms with Gasteiger partial charge in [0.25, 0.3) is 11.7 Å². The molecule has 3 N–H and O–H groups in total. The van der Waals surface area contributed by atoms with Crippen LogP contribution in [0.15, 0.2) is 72.3 Å². The van der Waals surface area contributed by atoms with Gasteiger partial charge in [-0.1, -0.05) is 38.1 Å². The average molecular weight is 474 g/mol. The summed E-state index contributed by atoms with van der Waals surface area (Å²) in [6.45, 7) is 6.47. The van der Waals surface area contributed by atoms with Gasteiger partial charge in [0.1, 0.15) is 23.0 Å². The fraction of sp³-hybridized carbons (Fsp3) is 0.214. The number of rotatable bonds is 6. The Morgan fingerprint density at radius 1 is 1.00 bits per heavy atom. The lowest BCUT2D eigenvalue weighted by Gasteiger charge is -2.26. The molecule has 1 atom stereocenters. The van der Waals surface area contributed by atoms with Crippen LogP contribution in [0.25, 0.3) is 5.76 Å². The van der Waals surface area contributed by atoms with Crippen LogP contribution in [0.1, 0.15) is 36.6 Å². The van der Waals surface area contributed by atoms with Gasteiger partial charge in [0.2, 0.25) is 0 Å². The number of carbonyl (C=O) groups is 2. The van der Waals surface area contributed by atoms with E-state index < -0.39 is 17.7 Å². The number of aliphatic hydroxyl groups excluding tert-OH is 1. The number of phenolic OH excluding ortho intramolecular Hbond substituents is 2. The Morgan fingerprint density at radius 2 is 1.69 bits per heavy atom. The molecule has 0 spiro atoms. The molecule has 0 bridgehead atoms. The van der Waals surface area contributed by atoms with Crippen molar-refractivity contribution in [3.05, 3.63) is 89.0 Å². The van der Waals surface area contributed by atoms with E-state index in [0.717, 1.165) is 5.56 Å². The van der Waals surface area contributed by atoms with Gasteiger partial charge in [-0.2, -0.15) is 0 Å². The first-order valence-corrected chi connectivity index (χ1v) is 11.3. The number of para-hydroxylation sites is 2. The van der Waals surface area contributed by atoms with Crippen molar-refractivity contribution in [3.63, 3.8) is 0 Å². The molecule has 0 aliphatic carbocycles. The molecule has 1 aliphatic heterocycles. The molecule has 4 rings (SSSR count). The highest BCUT2D eigenvalue weighted by Gasteiger charge is 2.47. The Labute approximate surface area is 203 Å². The molecule has 1 saturated heterocycles. The summed E-state index contributed by atoms with van der Waals surface area (Å²) >= 11 is 0. The van der Waals surface area contributed by atoms with E-state index in [-0.39, 0.29) is 28.5 Å². The predicted octanol–water partition coefficient (Wildman–Crippen LogP) is 5.07. The number of hydrogen-bond donors (Lipinski definition) is 3. The van der Waals surface area contributed by atoms with Crippen molar-refractivity contribution in [2.45, 2.75) is 26.8 Å². The van der Waals surface area contributed by atoms with E-state index in [2.05, 4.69) is 0 Å². The number of ketones is 1. The first-order chi connectivity index (χ1) is 16.7. The summed E-state index contributed by atoms with van der Waals surface area (Å²) in [7, 11) is 0. The summed E-state index contributed by atoms with van der Waals surface area (Å²) in [5.41, 5.74) is 1.64. The van der Waals surface area contributed by atoms with Crippen LogP contribution in [0, 0.1) is 12.8 Å². The van der Waals surface area contributed by atoms with Crippen LogP contribution in [-0.2, 0) is 9.59 Å². The predicted molar refractivity (Wildman–Crippen MR) is 133 cm³/mol. The lowest BCUT2D eigenvalue weighted by molar-refractivity contribution is -0.132. The maximum atomic E-state index is 13.2. The monoisotopic (exact) mass is 473 g/mol. The Morgan fingerprint density at radius 3 is 2.31 bits per heavy atom. The third-order valence-corrected chi connectivity index (χ3v) is 5.82. The lowest BCUT2D eigenvalue weighted by Crippen LogP contribution is -2.29. The van der Waals surface area contributed by atoms with Gasteiger partial charge in [-0.25, -0.2) is 0 Å². The van der Waals surface area contributed by atoms with Crippen molar-refractivity contribution >= 4 is 23.1 Å². The van der Waals surface area contributed by atoms with Crippen LogP contribution in [0.2, 0.25) is 0 Å². The molecule has 1 fully saturated rings. The van der Waals surface area contributed by atoms with Gasteiger partial charge in [0.05, 0.1) is 23.9 Å². The lowest BCUT2D eigenvalue weighted by atomic mass is 9.94. The van der Waals surface area contributed by atoms with Gasteiger partial charge in [0, 0.05) is 5.56 Å². The highest BCUT2D eigenvalue weighted by molar-refractivity contribution is 6.51. The Balaban J connectivity index is 1.86. The number of nitrogens with zero attached hydrogens (tertiary/aromatic N) is 1. The number of aliphatic hydroxyl groups is 1. The molecule has 1 amide bonds. The largest absolute Gasteiger partial charge is 0.508 e. The van der Waals surface area contributed by atoms with Crippen molar-refractivity contribution in [2.75, 3.05) is 11.5 Å². The van der Waals surface area contributed by atoms with Crippen LogP contribution >= 0.6 is 0 Å². The van der Waals surface area contributed by atoms with Gasteiger partial charge in [0.15, 0.2) is 0 Å². The van der Waals surface area contributed by atoms with E-state index >= 15 is 0 Å². The molecular formula is C28H27NO6. The summed E-state index contributed by atoms with van der Waals surface area (Å²) in [6.07, 6.45) is 0. The molecule has 1 heterocycles. The fourth-order valence-electron chi connectivity index (χ4n) is 4.09. The van der Waals surface area contributed by atoms with E-state index in [1.807, 2.05) is 20.8 Å². The molecule has 0 aromatic heterocycles. The van der Waals surface area contributed by atoms with E-state index in [1.165, 1.54) is 29.2 Å². The zero-order valence-corrected chi connectivity index (χ0v) is 19.7. The summed E-state index contributed by atoms with van der Waals surface area (Å²) in [6, 6.07) is 16.3. The number of aromatic hydroxyl groups is 2. The smallest absolute Gasteiger partial charge is 0.300 e. The van der Waals surface area contributed by atoms with Gasteiger partial charge in [-0.3, -0.25) is 14.5 Å². The van der Waals surface area contributed by atoms with Crippen LogP contribution in [0.4, 0.5) is 5.69 Å². The quantitative estimate of drug-likeness (QED) is 0.262. The summed E-state index contributed by atoms with van der Waals surface area (Å²) in [4.78, 5) is 27.6. The highest BCUT2D eigenvalue weighted by Crippen LogP contribution is 2.45. The van der Waals surface area contributed by atoms with Crippen molar-refractivity contribution in [1.82, 2.24) is 0 Å². The minimum Gasteiger partial charge on any atom is -0.508 e. The van der Waals surface area contributed by atoms with E-state index in [1.54, 1.807) is 42.5 Å². The Bertz CT molecular complexity index is 1310. The molecule has 0 saturated carbocycles. The molecule has 7 heteroatoms. The zero-order chi connectivity index (χ0) is 25.3. The summed E-state index contributed by atoms with van der Waals surface area (Å²) in [5, 5.41) is 31.5. The molecule has 3 aromatic carbocycles. The van der Waals surface area contributed by atoms with E-state index in [4.69, 9.17) is 4.74 Å². The van der Waals surface area contributed by atoms with Crippen LogP contribution in [-0.4, -0.2) is 33.6 Å². The van der Waals surface area contributed by atoms with Gasteiger partial charge in [-0.05, 0) is 66.4 Å².